The van der Waals surface area contributed by atoms with Crippen LogP contribution in [-0.4, -0.2) is 12.3 Å². The zero-order chi connectivity index (χ0) is 14.5. The summed E-state index contributed by atoms with van der Waals surface area (Å²) in [7, 11) is 0. The highest BCUT2D eigenvalue weighted by Crippen LogP contribution is 2.16. The fourth-order valence-corrected chi connectivity index (χ4v) is 2.07. The van der Waals surface area contributed by atoms with Crippen LogP contribution in [0.1, 0.15) is 21.5 Å². The maximum atomic E-state index is 12.2. The number of rotatable bonds is 4. The molecule has 4 nitrogen and oxygen atoms in total. The molecule has 0 radical (unpaired) electrons. The van der Waals surface area contributed by atoms with Gasteiger partial charge in [0.2, 0.25) is 6.41 Å². The Morgan fingerprint density at radius 1 is 1.00 bits per heavy atom. The van der Waals surface area contributed by atoms with Crippen LogP contribution < -0.4 is 10.6 Å². The van der Waals surface area contributed by atoms with Crippen LogP contribution in [0.25, 0.3) is 0 Å². The summed E-state index contributed by atoms with van der Waals surface area (Å²) in [5.41, 5.74) is 4.04. The van der Waals surface area contributed by atoms with Crippen molar-refractivity contribution < 1.29 is 9.59 Å². The Kier molecular flexibility index (Phi) is 4.15. The molecule has 2 aromatic rings. The molecular weight excluding hydrogens is 252 g/mol. The minimum Gasteiger partial charge on any atom is -0.329 e. The Balaban J connectivity index is 2.19. The van der Waals surface area contributed by atoms with Crippen molar-refractivity contribution in [3.63, 3.8) is 0 Å². The van der Waals surface area contributed by atoms with Gasteiger partial charge in [0.15, 0.2) is 0 Å². The maximum absolute atomic E-state index is 12.2. The molecule has 0 aliphatic carbocycles. The smallest absolute Gasteiger partial charge is 0.255 e. The van der Waals surface area contributed by atoms with Crippen LogP contribution in [0.2, 0.25) is 0 Å². The predicted octanol–water partition coefficient (Wildman–Crippen LogP) is 3.12. The molecule has 0 spiro atoms. The molecule has 0 heterocycles. The number of hydrogen-bond acceptors (Lipinski definition) is 2. The predicted molar refractivity (Wildman–Crippen MR) is 80.0 cm³/mol. The molecule has 0 unspecified atom stereocenters. The molecule has 0 aliphatic heterocycles. The van der Waals surface area contributed by atoms with Gasteiger partial charge in [-0.15, -0.1) is 0 Å². The van der Waals surface area contributed by atoms with E-state index in [1.54, 1.807) is 24.3 Å². The van der Waals surface area contributed by atoms with Crippen LogP contribution in [0.15, 0.2) is 42.5 Å². The Labute approximate surface area is 117 Å². The fraction of sp³-hybridized carbons (Fsp3) is 0.125. The molecule has 0 saturated carbocycles. The van der Waals surface area contributed by atoms with E-state index in [4.69, 9.17) is 0 Å². The van der Waals surface area contributed by atoms with Crippen molar-refractivity contribution in [3.8, 4) is 0 Å². The van der Waals surface area contributed by atoms with Gasteiger partial charge in [-0.3, -0.25) is 9.59 Å². The van der Waals surface area contributed by atoms with E-state index in [0.717, 1.165) is 16.8 Å². The van der Waals surface area contributed by atoms with Gasteiger partial charge in [-0.2, -0.15) is 0 Å². The Hall–Kier alpha value is -2.62. The second kappa shape index (κ2) is 6.02. The van der Waals surface area contributed by atoms with Crippen molar-refractivity contribution in [2.75, 3.05) is 10.6 Å². The Morgan fingerprint density at radius 2 is 1.70 bits per heavy atom. The van der Waals surface area contributed by atoms with E-state index in [9.17, 15) is 9.59 Å². The summed E-state index contributed by atoms with van der Waals surface area (Å²) in [5, 5.41) is 5.38. The number of carbonyl (C=O) groups is 2. The van der Waals surface area contributed by atoms with Crippen molar-refractivity contribution in [2.45, 2.75) is 13.8 Å². The first kappa shape index (κ1) is 13.8. The van der Waals surface area contributed by atoms with Crippen LogP contribution in [0, 0.1) is 13.8 Å². The summed E-state index contributed by atoms with van der Waals surface area (Å²) in [6.45, 7) is 3.97. The number of amides is 2. The van der Waals surface area contributed by atoms with Crippen molar-refractivity contribution >= 4 is 23.7 Å². The van der Waals surface area contributed by atoms with E-state index in [0.29, 0.717) is 17.7 Å². The third kappa shape index (κ3) is 3.45. The summed E-state index contributed by atoms with van der Waals surface area (Å²) in [5.74, 6) is -0.204. The van der Waals surface area contributed by atoms with Gasteiger partial charge in [-0.25, -0.2) is 0 Å². The number of hydrogen-bond donors (Lipinski definition) is 2. The first-order chi connectivity index (χ1) is 9.58. The van der Waals surface area contributed by atoms with Gasteiger partial charge in [0, 0.05) is 16.9 Å². The zero-order valence-electron chi connectivity index (χ0n) is 11.4. The van der Waals surface area contributed by atoms with Crippen LogP contribution in [0.5, 0.6) is 0 Å². The van der Waals surface area contributed by atoms with Crippen LogP contribution in [-0.2, 0) is 4.79 Å². The molecule has 2 aromatic carbocycles. The largest absolute Gasteiger partial charge is 0.329 e. The lowest BCUT2D eigenvalue weighted by Gasteiger charge is -2.08. The van der Waals surface area contributed by atoms with Crippen molar-refractivity contribution in [1.82, 2.24) is 0 Å². The Morgan fingerprint density at radius 3 is 2.35 bits per heavy atom. The molecule has 102 valence electrons. The lowest BCUT2D eigenvalue weighted by atomic mass is 10.1. The second-order valence-corrected chi connectivity index (χ2v) is 4.67. The molecule has 0 saturated heterocycles. The van der Waals surface area contributed by atoms with Gasteiger partial charge < -0.3 is 10.6 Å². The number of anilines is 2. The van der Waals surface area contributed by atoms with Gasteiger partial charge in [0.25, 0.3) is 5.91 Å². The van der Waals surface area contributed by atoms with Crippen molar-refractivity contribution in [1.29, 1.82) is 0 Å². The molecule has 2 rings (SSSR count). The molecule has 0 fully saturated rings. The highest BCUT2D eigenvalue weighted by atomic mass is 16.1. The van der Waals surface area contributed by atoms with Crippen LogP contribution in [0.4, 0.5) is 11.4 Å². The molecule has 4 heteroatoms. The highest BCUT2D eigenvalue weighted by Gasteiger charge is 2.07. The van der Waals surface area contributed by atoms with Gasteiger partial charge >= 0.3 is 0 Å². The van der Waals surface area contributed by atoms with Crippen molar-refractivity contribution in [2.24, 2.45) is 0 Å². The van der Waals surface area contributed by atoms with Gasteiger partial charge in [0.1, 0.15) is 0 Å². The van der Waals surface area contributed by atoms with E-state index in [1.807, 2.05) is 32.0 Å². The van der Waals surface area contributed by atoms with Crippen LogP contribution >= 0.6 is 0 Å². The first-order valence-corrected chi connectivity index (χ1v) is 6.28. The number of aryl methyl sites for hydroxylation is 2. The molecule has 0 aromatic heterocycles. The lowest BCUT2D eigenvalue weighted by Crippen LogP contribution is -2.12. The van der Waals surface area contributed by atoms with Gasteiger partial charge in [-0.1, -0.05) is 12.1 Å². The maximum Gasteiger partial charge on any atom is 0.255 e. The molecule has 0 bridgehead atoms. The fourth-order valence-electron chi connectivity index (χ4n) is 2.07. The Bertz CT molecular complexity index is 630. The van der Waals surface area contributed by atoms with Crippen LogP contribution in [0.3, 0.4) is 0 Å². The topological polar surface area (TPSA) is 58.2 Å². The summed E-state index contributed by atoms with van der Waals surface area (Å²) in [4.78, 5) is 22.6. The molecule has 20 heavy (non-hydrogen) atoms. The summed E-state index contributed by atoms with van der Waals surface area (Å²) >= 11 is 0. The average molecular weight is 268 g/mol. The summed E-state index contributed by atoms with van der Waals surface area (Å²) in [6.07, 6.45) is 0.584. The average Bonchev–Trinajstić information content (AvgIpc) is 2.38. The van der Waals surface area contributed by atoms with E-state index in [-0.39, 0.29) is 5.91 Å². The first-order valence-electron chi connectivity index (χ1n) is 6.28. The minimum atomic E-state index is -0.204. The highest BCUT2D eigenvalue weighted by molar-refractivity contribution is 6.05. The molecular formula is C16H16N2O2. The van der Waals surface area contributed by atoms with E-state index >= 15 is 0 Å². The van der Waals surface area contributed by atoms with E-state index < -0.39 is 0 Å². The van der Waals surface area contributed by atoms with Gasteiger partial charge in [-0.05, 0) is 55.3 Å². The normalized spacial score (nSPS) is 9.90. The number of carbonyl (C=O) groups excluding carboxylic acids is 2. The standard InChI is InChI=1S/C16H16N2O2/c1-11-6-12(2)8-15(7-11)18-16(20)13-4-3-5-14(9-13)17-10-19/h3-10H,1-2H3,(H,17,19)(H,18,20). The minimum absolute atomic E-state index is 0.204. The monoisotopic (exact) mass is 268 g/mol. The SMILES string of the molecule is Cc1cc(C)cc(NC(=O)c2cccc(NC=O)c2)c1. The molecule has 0 aliphatic rings. The third-order valence-electron chi connectivity index (χ3n) is 2.83. The summed E-state index contributed by atoms with van der Waals surface area (Å²) in [6, 6.07) is 12.7. The van der Waals surface area contributed by atoms with E-state index in [1.165, 1.54) is 0 Å². The van der Waals surface area contributed by atoms with Gasteiger partial charge in [0.05, 0.1) is 0 Å². The second-order valence-electron chi connectivity index (χ2n) is 4.67. The zero-order valence-corrected chi connectivity index (χ0v) is 11.4. The summed E-state index contributed by atoms with van der Waals surface area (Å²) < 4.78 is 0. The quantitative estimate of drug-likeness (QED) is 0.837. The molecule has 2 amide bonds. The number of benzene rings is 2. The lowest BCUT2D eigenvalue weighted by molar-refractivity contribution is -0.105. The van der Waals surface area contributed by atoms with Crippen molar-refractivity contribution in [3.05, 3.63) is 59.2 Å². The molecule has 2 N–H and O–H groups in total. The number of nitrogens with one attached hydrogen (secondary N) is 2. The molecule has 0 atom stereocenters. The third-order valence-corrected chi connectivity index (χ3v) is 2.83. The van der Waals surface area contributed by atoms with E-state index in [2.05, 4.69) is 10.6 Å².